The van der Waals surface area contributed by atoms with E-state index in [0.717, 1.165) is 30.4 Å². The van der Waals surface area contributed by atoms with Gasteiger partial charge in [-0.15, -0.1) is 0 Å². The standard InChI is InChI=1S/C25H53N2O/c1-6-8-10-12-14-15-16-17-19-21-25(28)26(3)22-24-27(4,5)23-20-18-13-11-9-7-2/h6-24H2,1-5H3/q+1. The Morgan fingerprint density at radius 1 is 0.643 bits per heavy atom. The topological polar surface area (TPSA) is 20.3 Å². The first-order valence-electron chi connectivity index (χ1n) is 12.5. The lowest BCUT2D eigenvalue weighted by atomic mass is 10.1. The predicted molar refractivity (Wildman–Crippen MR) is 125 cm³/mol. The van der Waals surface area contributed by atoms with Crippen LogP contribution in [0, 0.1) is 0 Å². The van der Waals surface area contributed by atoms with Crippen molar-refractivity contribution in [2.75, 3.05) is 40.8 Å². The maximum Gasteiger partial charge on any atom is 0.222 e. The third kappa shape index (κ3) is 17.5. The van der Waals surface area contributed by atoms with Gasteiger partial charge in [-0.2, -0.15) is 0 Å². The minimum absolute atomic E-state index is 0.336. The molecule has 0 N–H and O–H groups in total. The summed E-state index contributed by atoms with van der Waals surface area (Å²) in [5, 5.41) is 0. The van der Waals surface area contributed by atoms with Gasteiger partial charge >= 0.3 is 0 Å². The third-order valence-corrected chi connectivity index (χ3v) is 6.08. The Morgan fingerprint density at radius 3 is 1.57 bits per heavy atom. The molecular weight excluding hydrogens is 344 g/mol. The zero-order valence-electron chi connectivity index (χ0n) is 20.2. The van der Waals surface area contributed by atoms with Crippen molar-refractivity contribution in [3.05, 3.63) is 0 Å². The second-order valence-electron chi connectivity index (χ2n) is 9.54. The first kappa shape index (κ1) is 27.4. The maximum absolute atomic E-state index is 12.3. The average molecular weight is 398 g/mol. The summed E-state index contributed by atoms with van der Waals surface area (Å²) in [5.74, 6) is 0.336. The SMILES string of the molecule is CCCCCCCCCCCC(=O)N(C)CC[N+](C)(C)CCCCCCCC. The van der Waals surface area contributed by atoms with Crippen molar-refractivity contribution in [2.24, 2.45) is 0 Å². The molecule has 1 amide bonds. The average Bonchev–Trinajstić information content (AvgIpc) is 2.67. The molecule has 0 aromatic heterocycles. The molecule has 0 bridgehead atoms. The fraction of sp³-hybridized carbons (Fsp3) is 0.960. The Balaban J connectivity index is 3.67. The molecule has 28 heavy (non-hydrogen) atoms. The van der Waals surface area contributed by atoms with Crippen LogP contribution in [0.5, 0.6) is 0 Å². The van der Waals surface area contributed by atoms with Crippen LogP contribution < -0.4 is 0 Å². The van der Waals surface area contributed by atoms with Crippen LogP contribution in [0.4, 0.5) is 0 Å². The summed E-state index contributed by atoms with van der Waals surface area (Å²) in [7, 11) is 6.61. The molecular formula is C25H53N2O+. The Morgan fingerprint density at radius 2 is 1.07 bits per heavy atom. The Hall–Kier alpha value is -0.570. The molecule has 0 aliphatic carbocycles. The van der Waals surface area contributed by atoms with Gasteiger partial charge in [0.1, 0.15) is 0 Å². The number of nitrogens with zero attached hydrogens (tertiary/aromatic N) is 2. The second-order valence-corrected chi connectivity index (χ2v) is 9.54. The smallest absolute Gasteiger partial charge is 0.222 e. The number of carbonyl (C=O) groups is 1. The first-order chi connectivity index (χ1) is 13.4. The van der Waals surface area contributed by atoms with Crippen molar-refractivity contribution in [1.29, 1.82) is 0 Å². The van der Waals surface area contributed by atoms with Gasteiger partial charge in [0.15, 0.2) is 0 Å². The molecule has 0 fully saturated rings. The van der Waals surface area contributed by atoms with E-state index in [2.05, 4.69) is 27.9 Å². The van der Waals surface area contributed by atoms with Crippen LogP contribution in [0.3, 0.4) is 0 Å². The molecule has 0 aromatic rings. The molecule has 3 nitrogen and oxygen atoms in total. The number of likely N-dealkylation sites (N-methyl/N-ethyl adjacent to an activating group) is 2. The van der Waals surface area contributed by atoms with Crippen molar-refractivity contribution in [3.8, 4) is 0 Å². The summed E-state index contributed by atoms with van der Waals surface area (Å²) in [6.07, 6.45) is 20.7. The van der Waals surface area contributed by atoms with Gasteiger partial charge in [0.25, 0.3) is 0 Å². The number of hydrogen-bond donors (Lipinski definition) is 0. The van der Waals surface area contributed by atoms with Gasteiger partial charge < -0.3 is 9.38 Å². The number of hydrogen-bond acceptors (Lipinski definition) is 1. The monoisotopic (exact) mass is 397 g/mol. The lowest BCUT2D eigenvalue weighted by Gasteiger charge is -2.32. The molecule has 0 saturated carbocycles. The zero-order valence-corrected chi connectivity index (χ0v) is 20.2. The highest BCUT2D eigenvalue weighted by Gasteiger charge is 2.17. The number of carbonyl (C=O) groups excluding carboxylic acids is 1. The fourth-order valence-corrected chi connectivity index (χ4v) is 3.76. The Kier molecular flexibility index (Phi) is 18.1. The highest BCUT2D eigenvalue weighted by atomic mass is 16.2. The molecule has 0 saturated heterocycles. The lowest BCUT2D eigenvalue weighted by Crippen LogP contribution is -2.46. The maximum atomic E-state index is 12.3. The summed E-state index contributed by atoms with van der Waals surface area (Å²) in [4.78, 5) is 14.3. The van der Waals surface area contributed by atoms with Gasteiger partial charge in [0.2, 0.25) is 5.91 Å². The van der Waals surface area contributed by atoms with Crippen molar-refractivity contribution >= 4 is 5.91 Å². The molecule has 168 valence electrons. The number of unbranched alkanes of at least 4 members (excludes halogenated alkanes) is 13. The zero-order chi connectivity index (χ0) is 21.1. The van der Waals surface area contributed by atoms with E-state index in [1.54, 1.807) is 0 Å². The van der Waals surface area contributed by atoms with Crippen molar-refractivity contribution in [3.63, 3.8) is 0 Å². The van der Waals surface area contributed by atoms with Crippen LogP contribution in [-0.4, -0.2) is 56.1 Å². The molecule has 3 heteroatoms. The van der Waals surface area contributed by atoms with E-state index in [1.807, 2.05) is 11.9 Å². The molecule has 0 atom stereocenters. The third-order valence-electron chi connectivity index (χ3n) is 6.08. The second kappa shape index (κ2) is 18.5. The van der Waals surface area contributed by atoms with Crippen molar-refractivity contribution in [2.45, 2.75) is 117 Å². The number of amides is 1. The van der Waals surface area contributed by atoms with Gasteiger partial charge in [-0.05, 0) is 19.3 Å². The van der Waals surface area contributed by atoms with E-state index < -0.39 is 0 Å². The molecule has 0 spiro atoms. The Bertz CT molecular complexity index is 354. The van der Waals surface area contributed by atoms with Gasteiger partial charge in [-0.1, -0.05) is 90.9 Å². The van der Waals surface area contributed by atoms with Gasteiger partial charge in [-0.3, -0.25) is 4.79 Å². The molecule has 0 radical (unpaired) electrons. The van der Waals surface area contributed by atoms with Crippen LogP contribution in [-0.2, 0) is 4.79 Å². The molecule has 0 aliphatic rings. The summed E-state index contributed by atoms with van der Waals surface area (Å²) >= 11 is 0. The van der Waals surface area contributed by atoms with E-state index in [1.165, 1.54) is 96.4 Å². The highest BCUT2D eigenvalue weighted by Crippen LogP contribution is 2.12. The van der Waals surface area contributed by atoms with Crippen LogP contribution in [0.2, 0.25) is 0 Å². The minimum atomic E-state index is 0.336. The summed E-state index contributed by atoms with van der Waals surface area (Å²) in [6.45, 7) is 7.72. The number of rotatable bonds is 20. The van der Waals surface area contributed by atoms with Gasteiger partial charge in [-0.25, -0.2) is 0 Å². The van der Waals surface area contributed by atoms with Crippen LogP contribution in [0.1, 0.15) is 117 Å². The van der Waals surface area contributed by atoms with Crippen LogP contribution >= 0.6 is 0 Å². The Labute approximate surface area is 177 Å². The predicted octanol–water partition coefficient (Wildman–Crippen LogP) is 6.80. The van der Waals surface area contributed by atoms with E-state index in [4.69, 9.17) is 0 Å². The van der Waals surface area contributed by atoms with E-state index in [0.29, 0.717) is 5.91 Å². The van der Waals surface area contributed by atoms with E-state index >= 15 is 0 Å². The van der Waals surface area contributed by atoms with Gasteiger partial charge in [0, 0.05) is 13.5 Å². The van der Waals surface area contributed by atoms with Gasteiger partial charge in [0.05, 0.1) is 33.7 Å². The summed E-state index contributed by atoms with van der Waals surface area (Å²) in [6, 6.07) is 0. The summed E-state index contributed by atoms with van der Waals surface area (Å²) in [5.41, 5.74) is 0. The van der Waals surface area contributed by atoms with E-state index in [9.17, 15) is 4.79 Å². The fourth-order valence-electron chi connectivity index (χ4n) is 3.76. The highest BCUT2D eigenvalue weighted by molar-refractivity contribution is 5.75. The largest absolute Gasteiger partial charge is 0.340 e. The normalized spacial score (nSPS) is 11.8. The molecule has 0 heterocycles. The molecule has 0 aromatic carbocycles. The first-order valence-corrected chi connectivity index (χ1v) is 12.5. The lowest BCUT2D eigenvalue weighted by molar-refractivity contribution is -0.889. The molecule has 0 rings (SSSR count). The molecule has 0 unspecified atom stereocenters. The molecule has 0 aliphatic heterocycles. The quantitative estimate of drug-likeness (QED) is 0.163. The van der Waals surface area contributed by atoms with Crippen molar-refractivity contribution < 1.29 is 9.28 Å². The van der Waals surface area contributed by atoms with Crippen LogP contribution in [0.15, 0.2) is 0 Å². The summed E-state index contributed by atoms with van der Waals surface area (Å²) < 4.78 is 1.03. The minimum Gasteiger partial charge on any atom is -0.340 e. The number of quaternary nitrogens is 1. The van der Waals surface area contributed by atoms with Crippen LogP contribution in [0.25, 0.3) is 0 Å². The van der Waals surface area contributed by atoms with E-state index in [-0.39, 0.29) is 0 Å². The van der Waals surface area contributed by atoms with Crippen molar-refractivity contribution in [1.82, 2.24) is 4.90 Å².